The zero-order valence-electron chi connectivity index (χ0n) is 23.8. The molecule has 0 aliphatic carbocycles. The van der Waals surface area contributed by atoms with E-state index in [0.29, 0.717) is 27.8 Å². The van der Waals surface area contributed by atoms with Crippen molar-refractivity contribution in [2.75, 3.05) is 0 Å². The number of fused-ring (bicyclic) bond motifs is 1. The van der Waals surface area contributed by atoms with Gasteiger partial charge in [-0.05, 0) is 80.1 Å². The topological polar surface area (TPSA) is 81.3 Å². The van der Waals surface area contributed by atoms with Crippen LogP contribution < -0.4 is 0 Å². The van der Waals surface area contributed by atoms with Gasteiger partial charge in [-0.3, -0.25) is 0 Å². The van der Waals surface area contributed by atoms with E-state index in [1.54, 1.807) is 30.3 Å². The maximum Gasteiger partial charge on any atom is 0.335 e. The molecule has 6 aromatic rings. The normalized spacial score (nSPS) is 11.9. The summed E-state index contributed by atoms with van der Waals surface area (Å²) in [5.74, 6) is -1.71. The first kappa shape index (κ1) is 30.2. The van der Waals surface area contributed by atoms with Crippen molar-refractivity contribution in [3.8, 4) is 28.1 Å². The summed E-state index contributed by atoms with van der Waals surface area (Å²) >= 11 is 6.50. The number of aromatic nitrogens is 2. The fourth-order valence-corrected chi connectivity index (χ4v) is 7.41. The number of hydrogen-bond acceptors (Lipinski definition) is 3. The number of halogens is 4. The SMILES string of the molecule is Cc1ccc(C)n1-c1c(-c2cccc(-c3ccc(C(=O)O)cc3Cl)c2)n(S(=O)(=O)c2ccc(C(F)F)cc2)c2ccc(F)cc12. The summed E-state index contributed by atoms with van der Waals surface area (Å²) in [5.41, 5.74) is 3.51. The molecule has 4 aromatic carbocycles. The molecule has 0 atom stereocenters. The number of benzene rings is 4. The highest BCUT2D eigenvalue weighted by atomic mass is 35.5. The van der Waals surface area contributed by atoms with Crippen LogP contribution in [0.15, 0.2) is 102 Å². The smallest absolute Gasteiger partial charge is 0.335 e. The van der Waals surface area contributed by atoms with E-state index >= 15 is 0 Å². The Kier molecular flexibility index (Phi) is 7.58. The van der Waals surface area contributed by atoms with Gasteiger partial charge < -0.3 is 9.67 Å². The molecule has 1 N–H and O–H groups in total. The van der Waals surface area contributed by atoms with Crippen molar-refractivity contribution in [1.29, 1.82) is 0 Å². The summed E-state index contributed by atoms with van der Waals surface area (Å²) in [4.78, 5) is 11.2. The number of hydrogen-bond donors (Lipinski definition) is 1. The summed E-state index contributed by atoms with van der Waals surface area (Å²) in [7, 11) is -4.45. The van der Waals surface area contributed by atoms with E-state index in [-0.39, 0.29) is 32.3 Å². The lowest BCUT2D eigenvalue weighted by molar-refractivity contribution is 0.0697. The van der Waals surface area contributed by atoms with Gasteiger partial charge in [0.15, 0.2) is 0 Å². The van der Waals surface area contributed by atoms with E-state index in [1.807, 2.05) is 30.5 Å². The van der Waals surface area contributed by atoms with Crippen molar-refractivity contribution in [3.05, 3.63) is 130 Å². The van der Waals surface area contributed by atoms with Gasteiger partial charge in [0, 0.05) is 38.5 Å². The molecule has 6 nitrogen and oxygen atoms in total. The van der Waals surface area contributed by atoms with Gasteiger partial charge in [-0.2, -0.15) is 0 Å². The van der Waals surface area contributed by atoms with Crippen LogP contribution in [-0.4, -0.2) is 28.0 Å². The van der Waals surface area contributed by atoms with Gasteiger partial charge in [0.25, 0.3) is 16.4 Å². The lowest BCUT2D eigenvalue weighted by Gasteiger charge is -2.17. The van der Waals surface area contributed by atoms with Gasteiger partial charge in [-0.25, -0.2) is 30.4 Å². The quantitative estimate of drug-likeness (QED) is 0.187. The lowest BCUT2D eigenvalue weighted by atomic mass is 9.99. The summed E-state index contributed by atoms with van der Waals surface area (Å²) in [5, 5.41) is 9.87. The number of carboxylic acid groups (broad SMARTS) is 1. The van der Waals surface area contributed by atoms with Gasteiger partial charge in [0.1, 0.15) is 5.82 Å². The number of rotatable bonds is 7. The molecule has 0 aliphatic heterocycles. The Morgan fingerprint density at radius 3 is 2.13 bits per heavy atom. The van der Waals surface area contributed by atoms with Crippen molar-refractivity contribution in [3.63, 3.8) is 0 Å². The third-order valence-corrected chi connectivity index (χ3v) is 9.73. The van der Waals surface area contributed by atoms with Crippen LogP contribution in [0.25, 0.3) is 39.0 Å². The van der Waals surface area contributed by atoms with Crippen LogP contribution in [0.3, 0.4) is 0 Å². The van der Waals surface area contributed by atoms with E-state index < -0.39 is 28.2 Å². The second-order valence-electron chi connectivity index (χ2n) is 10.5. The Labute approximate surface area is 261 Å². The standard InChI is InChI=1S/C34H24ClF3N2O4S/c1-19-6-7-20(2)39(19)32-28-18-25(36)11-15-30(28)40(45(43,44)26-12-8-21(9-13-26)33(37)38)31(32)23-5-3-4-22(16-23)27-14-10-24(34(41)42)17-29(27)35/h3-18,33H,1-2H3,(H,41,42). The van der Waals surface area contributed by atoms with Crippen molar-refractivity contribution in [1.82, 2.24) is 8.54 Å². The van der Waals surface area contributed by atoms with Gasteiger partial charge >= 0.3 is 5.97 Å². The first-order chi connectivity index (χ1) is 21.4. The number of nitrogens with zero attached hydrogens (tertiary/aromatic N) is 2. The number of alkyl halides is 2. The molecular formula is C34H24ClF3N2O4S. The maximum atomic E-state index is 14.9. The highest BCUT2D eigenvalue weighted by Crippen LogP contribution is 2.42. The molecule has 6 rings (SSSR count). The minimum Gasteiger partial charge on any atom is -0.478 e. The van der Waals surface area contributed by atoms with Crippen LogP contribution >= 0.6 is 11.6 Å². The minimum atomic E-state index is -4.45. The summed E-state index contributed by atoms with van der Waals surface area (Å²) in [6, 6.07) is 23.1. The molecule has 0 aliphatic rings. The number of aryl methyl sites for hydroxylation is 2. The van der Waals surface area contributed by atoms with Crippen molar-refractivity contribution < 1.29 is 31.5 Å². The van der Waals surface area contributed by atoms with Crippen molar-refractivity contribution in [2.24, 2.45) is 0 Å². The van der Waals surface area contributed by atoms with Crippen LogP contribution in [0, 0.1) is 19.7 Å². The molecular weight excluding hydrogens is 625 g/mol. The summed E-state index contributed by atoms with van der Waals surface area (Å²) in [6.07, 6.45) is -2.78. The predicted octanol–water partition coefficient (Wildman–Crippen LogP) is 9.05. The third-order valence-electron chi connectivity index (χ3n) is 7.69. The Morgan fingerprint density at radius 1 is 0.844 bits per heavy atom. The molecule has 0 saturated carbocycles. The molecule has 0 fully saturated rings. The molecule has 0 spiro atoms. The Morgan fingerprint density at radius 2 is 1.51 bits per heavy atom. The van der Waals surface area contributed by atoms with Gasteiger partial charge in [-0.15, -0.1) is 0 Å². The molecule has 228 valence electrons. The first-order valence-corrected chi connectivity index (χ1v) is 15.5. The fourth-order valence-electron chi connectivity index (χ4n) is 5.58. The van der Waals surface area contributed by atoms with E-state index in [4.69, 9.17) is 11.6 Å². The second kappa shape index (κ2) is 11.3. The summed E-state index contributed by atoms with van der Waals surface area (Å²) < 4.78 is 73.4. The fraction of sp³-hybridized carbons (Fsp3) is 0.0882. The lowest BCUT2D eigenvalue weighted by Crippen LogP contribution is -2.15. The average Bonchev–Trinajstić information content (AvgIpc) is 3.52. The van der Waals surface area contributed by atoms with Crippen molar-refractivity contribution >= 4 is 38.5 Å². The van der Waals surface area contributed by atoms with Crippen molar-refractivity contribution in [2.45, 2.75) is 25.2 Å². The van der Waals surface area contributed by atoms with Crippen LogP contribution in [0.5, 0.6) is 0 Å². The number of carboxylic acids is 1. The monoisotopic (exact) mass is 648 g/mol. The largest absolute Gasteiger partial charge is 0.478 e. The minimum absolute atomic E-state index is 0.00635. The summed E-state index contributed by atoms with van der Waals surface area (Å²) in [6.45, 7) is 3.69. The van der Waals surface area contributed by atoms with E-state index in [1.165, 1.54) is 24.3 Å². The van der Waals surface area contributed by atoms with E-state index in [0.717, 1.165) is 45.7 Å². The molecule has 2 heterocycles. The van der Waals surface area contributed by atoms with Crippen LogP contribution in [-0.2, 0) is 10.0 Å². The van der Waals surface area contributed by atoms with E-state index in [9.17, 15) is 31.5 Å². The molecule has 45 heavy (non-hydrogen) atoms. The van der Waals surface area contributed by atoms with Crippen LogP contribution in [0.2, 0.25) is 5.02 Å². The Balaban J connectivity index is 1.70. The van der Waals surface area contributed by atoms with Gasteiger partial charge in [0.2, 0.25) is 0 Å². The number of carbonyl (C=O) groups is 1. The van der Waals surface area contributed by atoms with Crippen LogP contribution in [0.1, 0.15) is 33.7 Å². The Hall–Kier alpha value is -4.80. The molecule has 0 unspecified atom stereocenters. The highest BCUT2D eigenvalue weighted by Gasteiger charge is 2.30. The first-order valence-electron chi connectivity index (χ1n) is 13.6. The van der Waals surface area contributed by atoms with Gasteiger partial charge in [0.05, 0.1) is 27.4 Å². The number of aromatic carboxylic acids is 1. The molecule has 2 aromatic heterocycles. The average molecular weight is 649 g/mol. The Bertz CT molecular complexity index is 2220. The molecule has 0 bridgehead atoms. The molecule has 0 amide bonds. The zero-order valence-corrected chi connectivity index (χ0v) is 25.4. The molecule has 0 saturated heterocycles. The second-order valence-corrected chi connectivity index (χ2v) is 12.7. The zero-order chi connectivity index (χ0) is 32.2. The molecule has 11 heteroatoms. The maximum absolute atomic E-state index is 14.9. The van der Waals surface area contributed by atoms with E-state index in [2.05, 4.69) is 0 Å². The third kappa shape index (κ3) is 5.19. The highest BCUT2D eigenvalue weighted by molar-refractivity contribution is 7.90. The predicted molar refractivity (Wildman–Crippen MR) is 168 cm³/mol. The van der Waals surface area contributed by atoms with Crippen LogP contribution in [0.4, 0.5) is 13.2 Å². The molecule has 0 radical (unpaired) electrons. The van der Waals surface area contributed by atoms with Gasteiger partial charge in [-0.1, -0.05) is 48.0 Å².